The molecule has 1 unspecified atom stereocenters. The second-order valence-electron chi connectivity index (χ2n) is 5.27. The monoisotopic (exact) mass is 262 g/mol. The summed E-state index contributed by atoms with van der Waals surface area (Å²) in [5.41, 5.74) is 7.96. The highest BCUT2D eigenvalue weighted by Crippen LogP contribution is 2.30. The van der Waals surface area contributed by atoms with Crippen molar-refractivity contribution in [3.8, 4) is 0 Å². The Hall–Kier alpha value is -1.71. The fourth-order valence-electron chi connectivity index (χ4n) is 2.76. The van der Waals surface area contributed by atoms with Gasteiger partial charge in [-0.1, -0.05) is 12.8 Å². The third-order valence-corrected chi connectivity index (χ3v) is 3.96. The molecule has 1 aromatic carbocycles. The highest BCUT2D eigenvalue weighted by Gasteiger charge is 2.21. The first-order valence-corrected chi connectivity index (χ1v) is 6.86. The van der Waals surface area contributed by atoms with Crippen LogP contribution in [0.3, 0.4) is 0 Å². The second kappa shape index (κ2) is 5.95. The van der Waals surface area contributed by atoms with E-state index in [1.165, 1.54) is 32.8 Å². The molecule has 0 saturated heterocycles. The number of anilines is 2. The van der Waals surface area contributed by atoms with Crippen LogP contribution in [0.2, 0.25) is 0 Å². The molecule has 1 aromatic rings. The van der Waals surface area contributed by atoms with Crippen molar-refractivity contribution in [2.75, 3.05) is 18.2 Å². The van der Waals surface area contributed by atoms with Gasteiger partial charge in [-0.15, -0.1) is 0 Å². The van der Waals surface area contributed by atoms with Crippen molar-refractivity contribution in [2.45, 2.75) is 38.6 Å². The van der Waals surface area contributed by atoms with E-state index in [-0.39, 0.29) is 5.97 Å². The highest BCUT2D eigenvalue weighted by atomic mass is 16.5. The molecule has 1 fully saturated rings. The van der Waals surface area contributed by atoms with Crippen LogP contribution in [0.5, 0.6) is 0 Å². The van der Waals surface area contributed by atoms with Gasteiger partial charge in [0.1, 0.15) is 0 Å². The summed E-state index contributed by atoms with van der Waals surface area (Å²) in [6.45, 7) is 2.20. The molecule has 2 rings (SSSR count). The SMILES string of the molecule is COC(=O)c1ccc(NC(C)C2CCCC2)c(N)c1. The average Bonchev–Trinajstić information content (AvgIpc) is 2.94. The van der Waals surface area contributed by atoms with Crippen molar-refractivity contribution in [3.63, 3.8) is 0 Å². The minimum atomic E-state index is -0.359. The number of nitrogens with one attached hydrogen (secondary N) is 1. The van der Waals surface area contributed by atoms with E-state index in [4.69, 9.17) is 5.73 Å². The Kier molecular flexibility index (Phi) is 4.30. The molecule has 0 aliphatic heterocycles. The maximum absolute atomic E-state index is 11.4. The molecule has 0 spiro atoms. The zero-order valence-electron chi connectivity index (χ0n) is 11.6. The molecule has 0 bridgehead atoms. The number of ether oxygens (including phenoxy) is 1. The first-order valence-electron chi connectivity index (χ1n) is 6.86. The number of hydrogen-bond donors (Lipinski definition) is 2. The van der Waals surface area contributed by atoms with Gasteiger partial charge in [-0.2, -0.15) is 0 Å². The Morgan fingerprint density at radius 3 is 2.68 bits per heavy atom. The number of hydrogen-bond acceptors (Lipinski definition) is 4. The zero-order chi connectivity index (χ0) is 13.8. The third-order valence-electron chi connectivity index (χ3n) is 3.96. The summed E-state index contributed by atoms with van der Waals surface area (Å²) < 4.78 is 4.68. The Labute approximate surface area is 114 Å². The van der Waals surface area contributed by atoms with Gasteiger partial charge >= 0.3 is 5.97 Å². The Balaban J connectivity index is 2.06. The van der Waals surface area contributed by atoms with Crippen molar-refractivity contribution in [1.82, 2.24) is 0 Å². The van der Waals surface area contributed by atoms with Crippen LogP contribution >= 0.6 is 0 Å². The fourth-order valence-corrected chi connectivity index (χ4v) is 2.76. The van der Waals surface area contributed by atoms with E-state index in [9.17, 15) is 4.79 Å². The van der Waals surface area contributed by atoms with Crippen LogP contribution in [0.15, 0.2) is 18.2 Å². The van der Waals surface area contributed by atoms with E-state index >= 15 is 0 Å². The molecular weight excluding hydrogens is 240 g/mol. The topological polar surface area (TPSA) is 64.3 Å². The number of rotatable bonds is 4. The van der Waals surface area contributed by atoms with Crippen molar-refractivity contribution in [3.05, 3.63) is 23.8 Å². The normalized spacial score (nSPS) is 17.2. The van der Waals surface area contributed by atoms with Crippen LogP contribution in [0.25, 0.3) is 0 Å². The molecule has 19 heavy (non-hydrogen) atoms. The van der Waals surface area contributed by atoms with Gasteiger partial charge in [0.05, 0.1) is 24.0 Å². The summed E-state index contributed by atoms with van der Waals surface area (Å²) in [7, 11) is 1.37. The van der Waals surface area contributed by atoms with Crippen LogP contribution in [0.4, 0.5) is 11.4 Å². The van der Waals surface area contributed by atoms with Crippen LogP contribution in [-0.4, -0.2) is 19.1 Å². The molecule has 1 atom stereocenters. The lowest BCUT2D eigenvalue weighted by atomic mass is 9.99. The number of benzene rings is 1. The van der Waals surface area contributed by atoms with Crippen LogP contribution in [0.1, 0.15) is 43.0 Å². The molecular formula is C15H22N2O2. The van der Waals surface area contributed by atoms with E-state index in [1.807, 2.05) is 6.07 Å². The van der Waals surface area contributed by atoms with Gasteiger partial charge in [0, 0.05) is 6.04 Å². The first-order chi connectivity index (χ1) is 9.11. The van der Waals surface area contributed by atoms with Crippen LogP contribution in [-0.2, 0) is 4.74 Å². The summed E-state index contributed by atoms with van der Waals surface area (Å²) in [5.74, 6) is 0.363. The van der Waals surface area contributed by atoms with E-state index in [1.54, 1.807) is 12.1 Å². The number of esters is 1. The molecule has 0 heterocycles. The fraction of sp³-hybridized carbons (Fsp3) is 0.533. The summed E-state index contributed by atoms with van der Waals surface area (Å²) in [4.78, 5) is 11.4. The minimum Gasteiger partial charge on any atom is -0.465 e. The van der Waals surface area contributed by atoms with Gasteiger partial charge in [-0.3, -0.25) is 0 Å². The summed E-state index contributed by atoms with van der Waals surface area (Å²) in [6.07, 6.45) is 5.23. The molecule has 1 aliphatic rings. The van der Waals surface area contributed by atoms with Gasteiger partial charge in [0.2, 0.25) is 0 Å². The highest BCUT2D eigenvalue weighted by molar-refractivity contribution is 5.91. The number of nitrogen functional groups attached to an aromatic ring is 1. The van der Waals surface area contributed by atoms with Gasteiger partial charge in [0.15, 0.2) is 0 Å². The molecule has 0 amide bonds. The molecule has 0 aromatic heterocycles. The van der Waals surface area contributed by atoms with Crippen LogP contribution in [0, 0.1) is 5.92 Å². The van der Waals surface area contributed by atoms with Crippen LogP contribution < -0.4 is 11.1 Å². The van der Waals surface area contributed by atoms with Crippen molar-refractivity contribution in [1.29, 1.82) is 0 Å². The standard InChI is InChI=1S/C15H22N2O2/c1-10(11-5-3-4-6-11)17-14-8-7-12(9-13(14)16)15(18)19-2/h7-11,17H,3-6,16H2,1-2H3. The largest absolute Gasteiger partial charge is 0.465 e. The smallest absolute Gasteiger partial charge is 0.337 e. The Morgan fingerprint density at radius 2 is 2.11 bits per heavy atom. The lowest BCUT2D eigenvalue weighted by molar-refractivity contribution is 0.0601. The zero-order valence-corrected chi connectivity index (χ0v) is 11.6. The maximum atomic E-state index is 11.4. The van der Waals surface area contributed by atoms with Gasteiger partial charge in [-0.05, 0) is 43.9 Å². The molecule has 4 nitrogen and oxygen atoms in total. The van der Waals surface area contributed by atoms with Gasteiger partial charge < -0.3 is 15.8 Å². The number of carbonyl (C=O) groups is 1. The van der Waals surface area contributed by atoms with E-state index in [2.05, 4.69) is 17.0 Å². The third kappa shape index (κ3) is 3.19. The lowest BCUT2D eigenvalue weighted by Crippen LogP contribution is -2.24. The van der Waals surface area contributed by atoms with E-state index in [0.29, 0.717) is 17.3 Å². The number of methoxy groups -OCH3 is 1. The predicted molar refractivity (Wildman–Crippen MR) is 77.2 cm³/mol. The first kappa shape index (κ1) is 13.7. The van der Waals surface area contributed by atoms with E-state index < -0.39 is 0 Å². The number of nitrogens with two attached hydrogens (primary N) is 1. The maximum Gasteiger partial charge on any atom is 0.337 e. The van der Waals surface area contributed by atoms with Gasteiger partial charge in [0.25, 0.3) is 0 Å². The quantitative estimate of drug-likeness (QED) is 0.646. The molecule has 104 valence electrons. The molecule has 3 N–H and O–H groups in total. The van der Waals surface area contributed by atoms with Crippen molar-refractivity contribution in [2.24, 2.45) is 5.92 Å². The van der Waals surface area contributed by atoms with Gasteiger partial charge in [-0.25, -0.2) is 4.79 Å². The second-order valence-corrected chi connectivity index (χ2v) is 5.27. The molecule has 4 heteroatoms. The Bertz CT molecular complexity index is 453. The average molecular weight is 262 g/mol. The summed E-state index contributed by atoms with van der Waals surface area (Å²) >= 11 is 0. The Morgan fingerprint density at radius 1 is 1.42 bits per heavy atom. The number of carbonyl (C=O) groups excluding carboxylic acids is 1. The van der Waals surface area contributed by atoms with Crippen molar-refractivity contribution >= 4 is 17.3 Å². The molecule has 1 aliphatic carbocycles. The minimum absolute atomic E-state index is 0.359. The molecule has 0 radical (unpaired) electrons. The van der Waals surface area contributed by atoms with Crippen molar-refractivity contribution < 1.29 is 9.53 Å². The predicted octanol–water partition coefficient (Wildman–Crippen LogP) is 3.05. The summed E-state index contributed by atoms with van der Waals surface area (Å²) in [5, 5.41) is 3.46. The molecule has 1 saturated carbocycles. The lowest BCUT2D eigenvalue weighted by Gasteiger charge is -2.22. The van der Waals surface area contributed by atoms with E-state index in [0.717, 1.165) is 11.6 Å². The summed E-state index contributed by atoms with van der Waals surface area (Å²) in [6, 6.07) is 5.67.